The van der Waals surface area contributed by atoms with Gasteiger partial charge in [-0.05, 0) is 42.9 Å². The lowest BCUT2D eigenvalue weighted by Crippen LogP contribution is -2.13. The standard InChI is InChI=1S/C19H18N4O2S/c1-20-10-12-4-3-5-13(8-12)21-18(24)15-11-23-16-7-6-14(25-2)9-17(16)26-19(23)22-15/h3-9,11,20H,10H2,1-2H3,(H,21,24). The Morgan fingerprint density at radius 2 is 2.15 bits per heavy atom. The average Bonchev–Trinajstić information content (AvgIpc) is 3.19. The summed E-state index contributed by atoms with van der Waals surface area (Å²) in [6.07, 6.45) is 1.77. The zero-order valence-corrected chi connectivity index (χ0v) is 15.3. The average molecular weight is 366 g/mol. The van der Waals surface area contributed by atoms with Gasteiger partial charge in [0.2, 0.25) is 0 Å². The predicted molar refractivity (Wildman–Crippen MR) is 104 cm³/mol. The first-order chi connectivity index (χ1) is 12.7. The Balaban J connectivity index is 1.62. The number of anilines is 1. The van der Waals surface area contributed by atoms with Crippen molar-refractivity contribution in [2.24, 2.45) is 0 Å². The van der Waals surface area contributed by atoms with E-state index >= 15 is 0 Å². The molecule has 0 radical (unpaired) electrons. The number of aromatic nitrogens is 2. The van der Waals surface area contributed by atoms with Crippen LogP contribution in [0.3, 0.4) is 0 Å². The van der Waals surface area contributed by atoms with Crippen molar-refractivity contribution in [3.63, 3.8) is 0 Å². The summed E-state index contributed by atoms with van der Waals surface area (Å²) in [7, 11) is 3.54. The van der Waals surface area contributed by atoms with Crippen LogP contribution in [0.4, 0.5) is 5.69 Å². The van der Waals surface area contributed by atoms with Crippen LogP contribution in [0.25, 0.3) is 15.2 Å². The lowest BCUT2D eigenvalue weighted by atomic mass is 10.2. The number of carbonyl (C=O) groups is 1. The third kappa shape index (κ3) is 3.02. The molecule has 0 bridgehead atoms. The van der Waals surface area contributed by atoms with Crippen molar-refractivity contribution >= 4 is 38.1 Å². The molecule has 2 aromatic carbocycles. The number of carbonyl (C=O) groups excluding carboxylic acids is 1. The molecule has 0 fully saturated rings. The smallest absolute Gasteiger partial charge is 0.275 e. The molecular formula is C19H18N4O2S. The number of amides is 1. The van der Waals surface area contributed by atoms with Crippen LogP contribution in [0, 0.1) is 0 Å². The summed E-state index contributed by atoms with van der Waals surface area (Å²) in [6, 6.07) is 13.6. The summed E-state index contributed by atoms with van der Waals surface area (Å²) in [4.78, 5) is 17.8. The number of methoxy groups -OCH3 is 1. The van der Waals surface area contributed by atoms with Crippen molar-refractivity contribution in [2.45, 2.75) is 6.54 Å². The van der Waals surface area contributed by atoms with Crippen molar-refractivity contribution in [3.8, 4) is 5.75 Å². The van der Waals surface area contributed by atoms with Crippen molar-refractivity contribution in [1.82, 2.24) is 14.7 Å². The van der Waals surface area contributed by atoms with E-state index in [1.807, 2.05) is 53.9 Å². The molecule has 0 atom stereocenters. The van der Waals surface area contributed by atoms with Crippen LogP contribution in [0.1, 0.15) is 16.1 Å². The van der Waals surface area contributed by atoms with Gasteiger partial charge < -0.3 is 15.4 Å². The van der Waals surface area contributed by atoms with Crippen LogP contribution in [0.2, 0.25) is 0 Å². The van der Waals surface area contributed by atoms with Crippen LogP contribution in [0.15, 0.2) is 48.7 Å². The highest BCUT2D eigenvalue weighted by Crippen LogP contribution is 2.29. The van der Waals surface area contributed by atoms with E-state index in [1.165, 1.54) is 11.3 Å². The molecule has 2 aromatic heterocycles. The van der Waals surface area contributed by atoms with E-state index < -0.39 is 0 Å². The summed E-state index contributed by atoms with van der Waals surface area (Å²) < 4.78 is 8.26. The summed E-state index contributed by atoms with van der Waals surface area (Å²) in [5.74, 6) is 0.589. The highest BCUT2D eigenvalue weighted by molar-refractivity contribution is 7.23. The Labute approximate surface area is 154 Å². The molecule has 0 saturated carbocycles. The monoisotopic (exact) mass is 366 g/mol. The van der Waals surface area contributed by atoms with Gasteiger partial charge in [0.15, 0.2) is 4.96 Å². The van der Waals surface area contributed by atoms with Crippen molar-refractivity contribution in [1.29, 1.82) is 0 Å². The maximum atomic E-state index is 12.6. The quantitative estimate of drug-likeness (QED) is 0.567. The minimum Gasteiger partial charge on any atom is -0.497 e. The number of benzene rings is 2. The van der Waals surface area contributed by atoms with E-state index in [9.17, 15) is 4.79 Å². The number of nitrogens with zero attached hydrogens (tertiary/aromatic N) is 2. The molecule has 6 nitrogen and oxygen atoms in total. The van der Waals surface area contributed by atoms with Gasteiger partial charge in [0, 0.05) is 18.4 Å². The Bertz CT molecular complexity index is 1100. The molecule has 0 spiro atoms. The Hall–Kier alpha value is -2.90. The summed E-state index contributed by atoms with van der Waals surface area (Å²) in [5.41, 5.74) is 3.27. The second-order valence-corrected chi connectivity index (χ2v) is 6.91. The van der Waals surface area contributed by atoms with Gasteiger partial charge >= 0.3 is 0 Å². The molecule has 0 aliphatic heterocycles. The van der Waals surface area contributed by atoms with Gasteiger partial charge in [-0.3, -0.25) is 9.20 Å². The fraction of sp³-hybridized carbons (Fsp3) is 0.158. The first-order valence-corrected chi connectivity index (χ1v) is 9.00. The molecule has 0 aliphatic rings. The van der Waals surface area contributed by atoms with E-state index in [2.05, 4.69) is 15.6 Å². The molecule has 7 heteroatoms. The van der Waals surface area contributed by atoms with E-state index in [0.717, 1.165) is 38.7 Å². The molecule has 2 N–H and O–H groups in total. The van der Waals surface area contributed by atoms with Gasteiger partial charge in [-0.25, -0.2) is 4.98 Å². The SMILES string of the molecule is CNCc1cccc(NC(=O)c2cn3c(n2)sc2cc(OC)ccc23)c1. The van der Waals surface area contributed by atoms with Gasteiger partial charge in [0.05, 0.1) is 17.3 Å². The zero-order valence-electron chi connectivity index (χ0n) is 14.4. The first-order valence-electron chi connectivity index (χ1n) is 8.18. The lowest BCUT2D eigenvalue weighted by molar-refractivity contribution is 0.102. The van der Waals surface area contributed by atoms with E-state index in [1.54, 1.807) is 13.3 Å². The van der Waals surface area contributed by atoms with Crippen LogP contribution < -0.4 is 15.4 Å². The number of hydrogen-bond acceptors (Lipinski definition) is 5. The van der Waals surface area contributed by atoms with Crippen molar-refractivity contribution in [3.05, 3.63) is 59.9 Å². The number of nitrogens with one attached hydrogen (secondary N) is 2. The molecule has 0 saturated heterocycles. The van der Waals surface area contributed by atoms with Crippen LogP contribution in [-0.2, 0) is 6.54 Å². The molecular weight excluding hydrogens is 348 g/mol. The molecule has 0 aliphatic carbocycles. The summed E-state index contributed by atoms with van der Waals surface area (Å²) >= 11 is 1.53. The molecule has 26 heavy (non-hydrogen) atoms. The second kappa shape index (κ2) is 6.78. The van der Waals surface area contributed by atoms with Crippen molar-refractivity contribution in [2.75, 3.05) is 19.5 Å². The summed E-state index contributed by atoms with van der Waals surface area (Å²) in [5, 5.41) is 6.02. The van der Waals surface area contributed by atoms with Gasteiger partial charge in [-0.2, -0.15) is 0 Å². The zero-order chi connectivity index (χ0) is 18.1. The minimum absolute atomic E-state index is 0.218. The van der Waals surface area contributed by atoms with Crippen LogP contribution in [0.5, 0.6) is 5.75 Å². The fourth-order valence-corrected chi connectivity index (χ4v) is 3.91. The first kappa shape index (κ1) is 16.6. The fourth-order valence-electron chi connectivity index (χ4n) is 2.88. The number of ether oxygens (including phenoxy) is 1. The van der Waals surface area contributed by atoms with E-state index in [0.29, 0.717) is 5.69 Å². The highest BCUT2D eigenvalue weighted by Gasteiger charge is 2.15. The number of thiazole rings is 1. The normalized spacial score (nSPS) is 11.2. The summed E-state index contributed by atoms with van der Waals surface area (Å²) in [6.45, 7) is 0.749. The molecule has 4 aromatic rings. The number of rotatable bonds is 5. The maximum absolute atomic E-state index is 12.6. The minimum atomic E-state index is -0.218. The third-order valence-corrected chi connectivity index (χ3v) is 5.12. The van der Waals surface area contributed by atoms with E-state index in [-0.39, 0.29) is 5.91 Å². The number of hydrogen-bond donors (Lipinski definition) is 2. The maximum Gasteiger partial charge on any atom is 0.275 e. The Morgan fingerprint density at radius 1 is 1.27 bits per heavy atom. The Kier molecular flexibility index (Phi) is 4.32. The third-order valence-electron chi connectivity index (χ3n) is 4.10. The topological polar surface area (TPSA) is 67.7 Å². The molecule has 0 unspecified atom stereocenters. The van der Waals surface area contributed by atoms with Gasteiger partial charge in [-0.15, -0.1) is 0 Å². The molecule has 132 valence electrons. The lowest BCUT2D eigenvalue weighted by Gasteiger charge is -2.06. The molecule has 2 heterocycles. The van der Waals surface area contributed by atoms with Gasteiger partial charge in [0.1, 0.15) is 11.4 Å². The molecule has 4 rings (SSSR count). The highest BCUT2D eigenvalue weighted by atomic mass is 32.1. The van der Waals surface area contributed by atoms with E-state index in [4.69, 9.17) is 4.74 Å². The van der Waals surface area contributed by atoms with Gasteiger partial charge in [0.25, 0.3) is 5.91 Å². The number of imidazole rings is 1. The van der Waals surface area contributed by atoms with Crippen LogP contribution in [-0.4, -0.2) is 29.4 Å². The largest absolute Gasteiger partial charge is 0.497 e. The Morgan fingerprint density at radius 3 is 2.96 bits per heavy atom. The number of fused-ring (bicyclic) bond motifs is 3. The van der Waals surface area contributed by atoms with Crippen molar-refractivity contribution < 1.29 is 9.53 Å². The molecule has 1 amide bonds. The predicted octanol–water partition coefficient (Wildman–Crippen LogP) is 3.53. The van der Waals surface area contributed by atoms with Gasteiger partial charge in [-0.1, -0.05) is 23.5 Å². The van der Waals surface area contributed by atoms with Crippen LogP contribution >= 0.6 is 11.3 Å². The second-order valence-electron chi connectivity index (χ2n) is 5.90.